The van der Waals surface area contributed by atoms with E-state index < -0.39 is 5.54 Å². The highest BCUT2D eigenvalue weighted by atomic mass is 16.5. The molecule has 4 heteroatoms. The summed E-state index contributed by atoms with van der Waals surface area (Å²) < 4.78 is 5.37. The average Bonchev–Trinajstić information content (AvgIpc) is 2.80. The van der Waals surface area contributed by atoms with Crippen LogP contribution in [-0.4, -0.2) is 48.7 Å². The summed E-state index contributed by atoms with van der Waals surface area (Å²) in [5, 5.41) is 3.46. The van der Waals surface area contributed by atoms with Gasteiger partial charge < -0.3 is 10.1 Å². The van der Waals surface area contributed by atoms with Crippen LogP contribution in [0.15, 0.2) is 0 Å². The Balaban J connectivity index is 2.07. The Hall–Kier alpha value is -0.610. The second-order valence-electron chi connectivity index (χ2n) is 6.99. The highest BCUT2D eigenvalue weighted by molar-refractivity contribution is 5.81. The molecule has 2 aliphatic rings. The lowest BCUT2D eigenvalue weighted by molar-refractivity contribution is -0.153. The third-order valence-electron chi connectivity index (χ3n) is 5.44. The fraction of sp³-hybridized carbons (Fsp3) is 0.941. The molecule has 4 nitrogen and oxygen atoms in total. The summed E-state index contributed by atoms with van der Waals surface area (Å²) in [6.07, 6.45) is 4.13. The molecule has 0 aromatic rings. The summed E-state index contributed by atoms with van der Waals surface area (Å²) in [7, 11) is 0. The van der Waals surface area contributed by atoms with Crippen LogP contribution in [0.4, 0.5) is 0 Å². The van der Waals surface area contributed by atoms with Crippen molar-refractivity contribution < 1.29 is 9.53 Å². The quantitative estimate of drug-likeness (QED) is 0.791. The van der Waals surface area contributed by atoms with E-state index in [1.807, 2.05) is 6.92 Å². The fourth-order valence-electron chi connectivity index (χ4n) is 4.06. The predicted molar refractivity (Wildman–Crippen MR) is 85.2 cm³/mol. The van der Waals surface area contributed by atoms with E-state index in [4.69, 9.17) is 4.74 Å². The number of esters is 1. The lowest BCUT2D eigenvalue weighted by Gasteiger charge is -2.42. The fourth-order valence-corrected chi connectivity index (χ4v) is 4.06. The van der Waals surface area contributed by atoms with Gasteiger partial charge in [-0.25, -0.2) is 0 Å². The number of carbonyl (C=O) groups is 1. The lowest BCUT2D eigenvalue weighted by atomic mass is 9.78. The molecule has 0 radical (unpaired) electrons. The van der Waals surface area contributed by atoms with Gasteiger partial charge in [0.05, 0.1) is 6.61 Å². The topological polar surface area (TPSA) is 41.6 Å². The lowest BCUT2D eigenvalue weighted by Crippen LogP contribution is -2.58. The Bertz CT molecular complexity index is 347. The summed E-state index contributed by atoms with van der Waals surface area (Å²) in [5.74, 6) is 1.49. The van der Waals surface area contributed by atoms with Gasteiger partial charge in [0.25, 0.3) is 0 Å². The molecular weight excluding hydrogens is 264 g/mol. The number of hydrogen-bond acceptors (Lipinski definition) is 4. The van der Waals surface area contributed by atoms with Crippen molar-refractivity contribution in [1.29, 1.82) is 0 Å². The Morgan fingerprint density at radius 2 is 1.95 bits per heavy atom. The Labute approximate surface area is 129 Å². The number of ether oxygens (including phenoxy) is 1. The van der Waals surface area contributed by atoms with Crippen molar-refractivity contribution in [1.82, 2.24) is 10.2 Å². The van der Waals surface area contributed by atoms with Gasteiger partial charge in [0, 0.05) is 19.1 Å². The summed E-state index contributed by atoms with van der Waals surface area (Å²) in [6.45, 7) is 12.3. The van der Waals surface area contributed by atoms with Crippen LogP contribution in [0.2, 0.25) is 0 Å². The van der Waals surface area contributed by atoms with E-state index in [0.29, 0.717) is 12.6 Å². The molecule has 21 heavy (non-hydrogen) atoms. The van der Waals surface area contributed by atoms with E-state index in [2.05, 4.69) is 31.0 Å². The van der Waals surface area contributed by atoms with Gasteiger partial charge in [-0.15, -0.1) is 0 Å². The summed E-state index contributed by atoms with van der Waals surface area (Å²) in [6, 6.07) is 0.523. The number of likely N-dealkylation sites (N-methyl/N-ethyl adjacent to an activating group) is 1. The van der Waals surface area contributed by atoms with Crippen molar-refractivity contribution in [2.75, 3.05) is 26.2 Å². The average molecular weight is 296 g/mol. The normalized spacial score (nSPS) is 37.6. The van der Waals surface area contributed by atoms with E-state index in [1.54, 1.807) is 0 Å². The smallest absolute Gasteiger partial charge is 0.326 e. The SMILES string of the molecule is CCNC1(C(=O)OCC)CCCC(N2CC(C)C(C)C2)C1. The van der Waals surface area contributed by atoms with Crippen LogP contribution in [0.25, 0.3) is 0 Å². The van der Waals surface area contributed by atoms with Crippen molar-refractivity contribution in [3.05, 3.63) is 0 Å². The van der Waals surface area contributed by atoms with E-state index in [-0.39, 0.29) is 5.97 Å². The third-order valence-corrected chi connectivity index (χ3v) is 5.44. The van der Waals surface area contributed by atoms with Crippen molar-refractivity contribution in [2.45, 2.75) is 65.0 Å². The molecule has 1 heterocycles. The van der Waals surface area contributed by atoms with Crippen molar-refractivity contribution in [2.24, 2.45) is 11.8 Å². The molecule has 1 saturated carbocycles. The van der Waals surface area contributed by atoms with Crippen LogP contribution in [0.3, 0.4) is 0 Å². The first-order valence-corrected chi connectivity index (χ1v) is 8.68. The van der Waals surface area contributed by atoms with Gasteiger partial charge in [-0.3, -0.25) is 9.69 Å². The molecule has 0 amide bonds. The Kier molecular flexibility index (Phi) is 5.67. The third kappa shape index (κ3) is 3.59. The number of rotatable bonds is 5. The predicted octanol–water partition coefficient (Wildman–Crippen LogP) is 2.43. The minimum atomic E-state index is -0.456. The van der Waals surface area contributed by atoms with Gasteiger partial charge in [0.1, 0.15) is 5.54 Å². The first-order chi connectivity index (χ1) is 10.0. The first-order valence-electron chi connectivity index (χ1n) is 8.68. The molecule has 0 bridgehead atoms. The van der Waals surface area contributed by atoms with E-state index in [9.17, 15) is 4.79 Å². The number of hydrogen-bond donors (Lipinski definition) is 1. The molecule has 122 valence electrons. The van der Waals surface area contributed by atoms with Crippen molar-refractivity contribution >= 4 is 5.97 Å². The van der Waals surface area contributed by atoms with Crippen LogP contribution < -0.4 is 5.32 Å². The summed E-state index contributed by atoms with van der Waals surface area (Å²) in [4.78, 5) is 15.1. The molecule has 0 spiro atoms. The molecule has 2 fully saturated rings. The molecule has 1 aliphatic carbocycles. The molecule has 4 atom stereocenters. The molecule has 0 aromatic heterocycles. The van der Waals surface area contributed by atoms with Crippen LogP contribution >= 0.6 is 0 Å². The zero-order valence-electron chi connectivity index (χ0n) is 14.2. The zero-order chi connectivity index (χ0) is 15.5. The van der Waals surface area contributed by atoms with E-state index in [1.165, 1.54) is 19.5 Å². The zero-order valence-corrected chi connectivity index (χ0v) is 14.2. The minimum absolute atomic E-state index is 0.0446. The van der Waals surface area contributed by atoms with E-state index >= 15 is 0 Å². The number of nitrogens with zero attached hydrogens (tertiary/aromatic N) is 1. The maximum Gasteiger partial charge on any atom is 0.326 e. The monoisotopic (exact) mass is 296 g/mol. The Morgan fingerprint density at radius 1 is 1.29 bits per heavy atom. The standard InChI is InChI=1S/C17H32N2O2/c1-5-18-17(16(20)21-6-2)9-7-8-15(10-17)19-11-13(3)14(4)12-19/h13-15,18H,5-12H2,1-4H3. The second-order valence-corrected chi connectivity index (χ2v) is 6.99. The van der Waals surface area contributed by atoms with Gasteiger partial charge in [-0.05, 0) is 51.0 Å². The van der Waals surface area contributed by atoms with Crippen LogP contribution in [-0.2, 0) is 9.53 Å². The highest BCUT2D eigenvalue weighted by Gasteiger charge is 2.45. The van der Waals surface area contributed by atoms with Crippen LogP contribution in [0.5, 0.6) is 0 Å². The van der Waals surface area contributed by atoms with Gasteiger partial charge in [-0.2, -0.15) is 0 Å². The molecule has 4 unspecified atom stereocenters. The molecule has 1 N–H and O–H groups in total. The number of carbonyl (C=O) groups excluding carboxylic acids is 1. The van der Waals surface area contributed by atoms with Gasteiger partial charge in [0.15, 0.2) is 0 Å². The molecule has 2 rings (SSSR count). The maximum absolute atomic E-state index is 12.5. The van der Waals surface area contributed by atoms with Crippen LogP contribution in [0, 0.1) is 11.8 Å². The summed E-state index contributed by atoms with van der Waals surface area (Å²) >= 11 is 0. The van der Waals surface area contributed by atoms with Gasteiger partial charge >= 0.3 is 5.97 Å². The molecule has 1 saturated heterocycles. The van der Waals surface area contributed by atoms with Gasteiger partial charge in [-0.1, -0.05) is 20.8 Å². The molecular formula is C17H32N2O2. The summed E-state index contributed by atoms with van der Waals surface area (Å²) in [5.41, 5.74) is -0.456. The number of nitrogens with one attached hydrogen (secondary N) is 1. The van der Waals surface area contributed by atoms with Crippen molar-refractivity contribution in [3.8, 4) is 0 Å². The maximum atomic E-state index is 12.5. The van der Waals surface area contributed by atoms with Gasteiger partial charge in [0.2, 0.25) is 0 Å². The van der Waals surface area contributed by atoms with Crippen molar-refractivity contribution in [3.63, 3.8) is 0 Å². The van der Waals surface area contributed by atoms with E-state index in [0.717, 1.165) is 37.6 Å². The Morgan fingerprint density at radius 3 is 2.52 bits per heavy atom. The minimum Gasteiger partial charge on any atom is -0.465 e. The number of likely N-dealkylation sites (tertiary alicyclic amines) is 1. The first kappa shape index (κ1) is 16.8. The molecule has 1 aliphatic heterocycles. The molecule has 0 aromatic carbocycles. The largest absolute Gasteiger partial charge is 0.465 e. The highest BCUT2D eigenvalue weighted by Crippen LogP contribution is 2.35. The second kappa shape index (κ2) is 7.10. The van der Waals surface area contributed by atoms with Crippen LogP contribution in [0.1, 0.15) is 53.4 Å².